The van der Waals surface area contributed by atoms with E-state index >= 15 is 0 Å². The van der Waals surface area contributed by atoms with Crippen molar-refractivity contribution in [2.75, 3.05) is 13.2 Å². The van der Waals surface area contributed by atoms with Crippen LogP contribution in [0.5, 0.6) is 0 Å². The maximum atomic E-state index is 12.4. The van der Waals surface area contributed by atoms with Gasteiger partial charge in [0.05, 0.1) is 0 Å². The van der Waals surface area contributed by atoms with Gasteiger partial charge in [-0.15, -0.1) is 0 Å². The molecule has 0 aromatic carbocycles. The zero-order valence-corrected chi connectivity index (χ0v) is 36.3. The molecular formula is C51H80O6. The first-order valence-corrected chi connectivity index (χ1v) is 22.4. The Kier molecular flexibility index (Phi) is 41.7. The molecule has 6 nitrogen and oxygen atoms in total. The van der Waals surface area contributed by atoms with Crippen LogP contribution in [0.3, 0.4) is 0 Å². The van der Waals surface area contributed by atoms with Gasteiger partial charge in [-0.2, -0.15) is 0 Å². The molecule has 0 fully saturated rings. The van der Waals surface area contributed by atoms with Crippen LogP contribution in [0.1, 0.15) is 175 Å². The van der Waals surface area contributed by atoms with E-state index < -0.39 is 6.10 Å². The van der Waals surface area contributed by atoms with E-state index in [4.69, 9.17) is 14.2 Å². The van der Waals surface area contributed by atoms with Crippen molar-refractivity contribution in [3.63, 3.8) is 0 Å². The number of ether oxygens (including phenoxy) is 3. The summed E-state index contributed by atoms with van der Waals surface area (Å²) < 4.78 is 16.4. The third-order valence-corrected chi connectivity index (χ3v) is 8.79. The minimum Gasteiger partial charge on any atom is -0.462 e. The highest BCUT2D eigenvalue weighted by Crippen LogP contribution is 2.10. The molecule has 0 bridgehead atoms. The maximum Gasteiger partial charge on any atom is 0.306 e. The molecule has 0 spiro atoms. The Hall–Kier alpha value is -3.93. The van der Waals surface area contributed by atoms with Crippen LogP contribution in [0.2, 0.25) is 0 Å². The number of carbonyl (C=O) groups is 3. The molecule has 0 saturated heterocycles. The Morgan fingerprint density at radius 3 is 1.05 bits per heavy atom. The van der Waals surface area contributed by atoms with Crippen molar-refractivity contribution < 1.29 is 28.6 Å². The molecule has 0 N–H and O–H groups in total. The molecule has 6 heteroatoms. The summed E-state index contributed by atoms with van der Waals surface area (Å²) in [7, 11) is 0. The van der Waals surface area contributed by atoms with Crippen molar-refractivity contribution in [2.45, 2.75) is 181 Å². The largest absolute Gasteiger partial charge is 0.462 e. The Balaban J connectivity index is 4.13. The molecule has 0 aliphatic rings. The first kappa shape index (κ1) is 53.1. The molecule has 0 aromatic heterocycles. The van der Waals surface area contributed by atoms with E-state index in [0.29, 0.717) is 19.3 Å². The van der Waals surface area contributed by atoms with Crippen LogP contribution in [0.4, 0.5) is 0 Å². The van der Waals surface area contributed by atoms with Gasteiger partial charge in [0, 0.05) is 19.3 Å². The van der Waals surface area contributed by atoms with Crippen LogP contribution in [-0.4, -0.2) is 37.2 Å². The summed E-state index contributed by atoms with van der Waals surface area (Å²) >= 11 is 0. The highest BCUT2D eigenvalue weighted by Gasteiger charge is 2.19. The number of unbranched alkanes of at least 4 members (excludes halogenated alkanes) is 9. The van der Waals surface area contributed by atoms with Gasteiger partial charge < -0.3 is 14.2 Å². The Morgan fingerprint density at radius 1 is 0.368 bits per heavy atom. The van der Waals surface area contributed by atoms with Crippen LogP contribution in [0, 0.1) is 0 Å². The molecule has 0 heterocycles. The Morgan fingerprint density at radius 2 is 0.684 bits per heavy atom. The van der Waals surface area contributed by atoms with Crippen molar-refractivity contribution in [3.8, 4) is 0 Å². The van der Waals surface area contributed by atoms with Crippen LogP contribution < -0.4 is 0 Å². The van der Waals surface area contributed by atoms with Gasteiger partial charge in [0.2, 0.25) is 0 Å². The molecule has 320 valence electrons. The second-order valence-corrected chi connectivity index (χ2v) is 14.2. The number of esters is 3. The average molecular weight is 789 g/mol. The third-order valence-electron chi connectivity index (χ3n) is 8.79. The lowest BCUT2D eigenvalue weighted by molar-refractivity contribution is -0.167. The minimum atomic E-state index is -0.792. The van der Waals surface area contributed by atoms with E-state index in [1.807, 2.05) is 0 Å². The van der Waals surface area contributed by atoms with E-state index in [2.05, 4.69) is 130 Å². The molecule has 1 unspecified atom stereocenters. The lowest BCUT2D eigenvalue weighted by Crippen LogP contribution is -2.30. The normalized spacial score (nSPS) is 13.1. The Labute approximate surface area is 349 Å². The van der Waals surface area contributed by atoms with Crippen molar-refractivity contribution in [3.05, 3.63) is 109 Å². The number of hydrogen-bond donors (Lipinski definition) is 0. The smallest absolute Gasteiger partial charge is 0.306 e. The van der Waals surface area contributed by atoms with E-state index in [0.717, 1.165) is 128 Å². The fraction of sp³-hybridized carbons (Fsp3) is 0.588. The van der Waals surface area contributed by atoms with Crippen molar-refractivity contribution in [1.29, 1.82) is 0 Å². The molecule has 0 aliphatic heterocycles. The number of hydrogen-bond acceptors (Lipinski definition) is 6. The van der Waals surface area contributed by atoms with Crippen LogP contribution >= 0.6 is 0 Å². The lowest BCUT2D eigenvalue weighted by Gasteiger charge is -2.18. The van der Waals surface area contributed by atoms with Gasteiger partial charge in [-0.3, -0.25) is 14.4 Å². The molecule has 0 aromatic rings. The van der Waals surface area contributed by atoms with Crippen molar-refractivity contribution in [2.24, 2.45) is 0 Å². The summed E-state index contributed by atoms with van der Waals surface area (Å²) in [5, 5.41) is 0. The first-order valence-electron chi connectivity index (χ1n) is 22.4. The monoisotopic (exact) mass is 789 g/mol. The van der Waals surface area contributed by atoms with E-state index in [-0.39, 0.29) is 37.5 Å². The quantitative estimate of drug-likeness (QED) is 0.0268. The second-order valence-electron chi connectivity index (χ2n) is 14.2. The van der Waals surface area contributed by atoms with Crippen LogP contribution in [0.25, 0.3) is 0 Å². The van der Waals surface area contributed by atoms with Crippen molar-refractivity contribution >= 4 is 17.9 Å². The third kappa shape index (κ3) is 43.0. The second kappa shape index (κ2) is 44.8. The topological polar surface area (TPSA) is 78.9 Å². The summed E-state index contributed by atoms with van der Waals surface area (Å²) in [4.78, 5) is 37.1. The summed E-state index contributed by atoms with van der Waals surface area (Å²) in [5.41, 5.74) is 0. The number of allylic oxidation sites excluding steroid dienone is 18. The highest BCUT2D eigenvalue weighted by molar-refractivity contribution is 5.71. The van der Waals surface area contributed by atoms with Gasteiger partial charge >= 0.3 is 17.9 Å². The first-order chi connectivity index (χ1) is 28.0. The fourth-order valence-electron chi connectivity index (χ4n) is 5.44. The van der Waals surface area contributed by atoms with Gasteiger partial charge in [-0.25, -0.2) is 0 Å². The molecular weight excluding hydrogens is 709 g/mol. The summed E-state index contributed by atoms with van der Waals surface area (Å²) in [6.07, 6.45) is 60.2. The molecule has 0 rings (SSSR count). The predicted octanol–water partition coefficient (Wildman–Crippen LogP) is 14.4. The van der Waals surface area contributed by atoms with Gasteiger partial charge in [0.1, 0.15) is 13.2 Å². The molecule has 1 atom stereocenters. The van der Waals surface area contributed by atoms with Gasteiger partial charge in [0.25, 0.3) is 0 Å². The van der Waals surface area contributed by atoms with Crippen LogP contribution in [-0.2, 0) is 28.6 Å². The summed E-state index contributed by atoms with van der Waals surface area (Å²) in [6, 6.07) is 0. The van der Waals surface area contributed by atoms with Gasteiger partial charge in [-0.05, 0) is 83.5 Å². The van der Waals surface area contributed by atoms with E-state index in [9.17, 15) is 14.4 Å². The summed E-state index contributed by atoms with van der Waals surface area (Å²) in [6.45, 7) is 6.25. The Bertz CT molecular complexity index is 1230. The van der Waals surface area contributed by atoms with Crippen LogP contribution in [0.15, 0.2) is 109 Å². The van der Waals surface area contributed by atoms with Crippen molar-refractivity contribution in [1.82, 2.24) is 0 Å². The SMILES string of the molecule is CC/C=C\C/C=C\C/C=C\C/C=C\C/C=C\C/C=C\C/C=C\C/C=C\C/C=C\CCCC(=O)OCC(COC(=O)CCCCCCC)OC(=O)CCCCCCC. The average Bonchev–Trinajstić information content (AvgIpc) is 3.21. The number of rotatable bonds is 38. The van der Waals surface area contributed by atoms with Gasteiger partial charge in [0.15, 0.2) is 6.10 Å². The standard InChI is InChI=1S/C51H80O6/c1-4-7-10-13-14-15-16-17-18-19-20-21-22-23-24-25-26-27-28-29-30-31-32-33-34-35-36-39-41-44-50(53)56-47-48(57-51(54)45-42-38-12-9-6-3)46-55-49(52)43-40-37-11-8-5-2/h7,10,14-15,17-18,20-21,23-24,26-27,29-30,32-33,35-36,48H,4-6,8-9,11-13,16,19,22,25,28,31,34,37-47H2,1-3H3/b10-7-,15-14-,18-17-,21-20-,24-23-,27-26-,30-29-,33-32-,36-35-. The van der Waals surface area contributed by atoms with E-state index in [1.54, 1.807) is 0 Å². The molecule has 0 saturated carbocycles. The molecule has 0 amide bonds. The molecule has 0 radical (unpaired) electrons. The predicted molar refractivity (Wildman–Crippen MR) is 242 cm³/mol. The molecule has 0 aliphatic carbocycles. The zero-order valence-electron chi connectivity index (χ0n) is 36.3. The molecule has 57 heavy (non-hydrogen) atoms. The van der Waals surface area contributed by atoms with E-state index in [1.165, 1.54) is 0 Å². The number of carbonyl (C=O) groups excluding carboxylic acids is 3. The minimum absolute atomic E-state index is 0.0990. The maximum absolute atomic E-state index is 12.4. The lowest BCUT2D eigenvalue weighted by atomic mass is 10.1. The summed E-state index contributed by atoms with van der Waals surface area (Å²) in [5.74, 6) is -1.00. The highest BCUT2D eigenvalue weighted by atomic mass is 16.6. The fourth-order valence-corrected chi connectivity index (χ4v) is 5.44. The van der Waals surface area contributed by atoms with Gasteiger partial charge in [-0.1, -0.05) is 182 Å². The zero-order chi connectivity index (χ0) is 41.5.